The van der Waals surface area contributed by atoms with E-state index in [0.717, 1.165) is 0 Å². The van der Waals surface area contributed by atoms with E-state index in [1.807, 2.05) is 6.07 Å². The van der Waals surface area contributed by atoms with Crippen molar-refractivity contribution in [2.24, 2.45) is 0 Å². The van der Waals surface area contributed by atoms with Crippen LogP contribution in [0.4, 0.5) is 10.8 Å². The molecule has 0 radical (unpaired) electrons. The Balaban J connectivity index is 1.82. The van der Waals surface area contributed by atoms with Crippen LogP contribution in [0.25, 0.3) is 5.57 Å². The fourth-order valence-electron chi connectivity index (χ4n) is 1.83. The Labute approximate surface area is 140 Å². The predicted octanol–water partition coefficient (Wildman–Crippen LogP) is 1.89. The molecule has 2 heterocycles. The van der Waals surface area contributed by atoms with Crippen LogP contribution in [-0.2, 0) is 0 Å². The second kappa shape index (κ2) is 7.12. The summed E-state index contributed by atoms with van der Waals surface area (Å²) in [5.41, 5.74) is 1.12. The van der Waals surface area contributed by atoms with Crippen molar-refractivity contribution < 1.29 is 4.79 Å². The number of nitriles is 1. The zero-order valence-corrected chi connectivity index (χ0v) is 12.9. The van der Waals surface area contributed by atoms with Crippen LogP contribution in [-0.4, -0.2) is 31.5 Å². The number of aromatic amines is 1. The first-order valence-electron chi connectivity index (χ1n) is 6.68. The first-order chi connectivity index (χ1) is 11.8. The van der Waals surface area contributed by atoms with Gasteiger partial charge in [-0.15, -0.1) is 21.5 Å². The molecule has 0 saturated carbocycles. The van der Waals surface area contributed by atoms with Crippen molar-refractivity contribution in [3.63, 3.8) is 0 Å². The molecule has 0 saturated heterocycles. The average molecular weight is 338 g/mol. The molecule has 9 nitrogen and oxygen atoms in total. The molecule has 1 amide bonds. The van der Waals surface area contributed by atoms with E-state index in [-0.39, 0.29) is 17.3 Å². The van der Waals surface area contributed by atoms with E-state index in [1.54, 1.807) is 35.8 Å². The van der Waals surface area contributed by atoms with Crippen molar-refractivity contribution in [2.75, 3.05) is 10.6 Å². The Morgan fingerprint density at radius 2 is 2.25 bits per heavy atom. The highest BCUT2D eigenvalue weighted by atomic mass is 32.1. The highest BCUT2D eigenvalue weighted by Gasteiger charge is 2.12. The van der Waals surface area contributed by atoms with Crippen LogP contribution in [0.15, 0.2) is 42.0 Å². The van der Waals surface area contributed by atoms with Crippen LogP contribution in [0.2, 0.25) is 0 Å². The number of amides is 1. The van der Waals surface area contributed by atoms with E-state index in [4.69, 9.17) is 5.26 Å². The SMILES string of the molecule is N#CC(=CNc1ccccc1C(=O)Nc1nccs1)c1nn[nH]n1. The molecule has 3 N–H and O–H groups in total. The molecule has 1 aromatic carbocycles. The Hall–Kier alpha value is -3.58. The smallest absolute Gasteiger partial charge is 0.259 e. The summed E-state index contributed by atoms with van der Waals surface area (Å²) in [6.07, 6.45) is 3.03. The number of hydrogen-bond donors (Lipinski definition) is 3. The van der Waals surface area contributed by atoms with E-state index in [2.05, 4.69) is 36.2 Å². The number of allylic oxidation sites excluding steroid dienone is 1. The molecule has 3 rings (SSSR count). The molecular formula is C14H10N8OS. The lowest BCUT2D eigenvalue weighted by Crippen LogP contribution is -2.13. The van der Waals surface area contributed by atoms with Gasteiger partial charge in [-0.2, -0.15) is 10.5 Å². The minimum atomic E-state index is -0.306. The van der Waals surface area contributed by atoms with Gasteiger partial charge >= 0.3 is 0 Å². The lowest BCUT2D eigenvalue weighted by atomic mass is 10.1. The average Bonchev–Trinajstić information content (AvgIpc) is 3.30. The van der Waals surface area contributed by atoms with Gasteiger partial charge < -0.3 is 5.32 Å². The third-order valence-electron chi connectivity index (χ3n) is 2.90. The lowest BCUT2D eigenvalue weighted by Gasteiger charge is -2.08. The van der Waals surface area contributed by atoms with Gasteiger partial charge in [-0.25, -0.2) is 4.98 Å². The Morgan fingerprint density at radius 1 is 1.38 bits per heavy atom. The quantitative estimate of drug-likeness (QED) is 0.605. The van der Waals surface area contributed by atoms with Gasteiger partial charge in [0.05, 0.1) is 11.3 Å². The van der Waals surface area contributed by atoms with Crippen LogP contribution in [0.1, 0.15) is 16.2 Å². The number of thiazole rings is 1. The van der Waals surface area contributed by atoms with Gasteiger partial charge in [0.2, 0.25) is 5.82 Å². The highest BCUT2D eigenvalue weighted by molar-refractivity contribution is 7.13. The minimum Gasteiger partial charge on any atom is -0.360 e. The molecule has 0 unspecified atom stereocenters. The number of nitrogens with one attached hydrogen (secondary N) is 3. The Morgan fingerprint density at radius 3 is 2.96 bits per heavy atom. The standard InChI is InChI=1S/C14H10N8OS/c15-7-9(12-19-21-22-20-12)8-17-11-4-2-1-3-10(11)13(23)18-14-16-5-6-24-14/h1-6,8,17H,(H,16,18,23)(H,19,20,21,22). The minimum absolute atomic E-state index is 0.162. The second-order valence-electron chi connectivity index (χ2n) is 4.39. The van der Waals surface area contributed by atoms with Crippen LogP contribution < -0.4 is 10.6 Å². The monoisotopic (exact) mass is 338 g/mol. The van der Waals surface area contributed by atoms with E-state index < -0.39 is 0 Å². The molecule has 2 aromatic heterocycles. The molecule has 24 heavy (non-hydrogen) atoms. The first-order valence-corrected chi connectivity index (χ1v) is 7.56. The van der Waals surface area contributed by atoms with Gasteiger partial charge in [0, 0.05) is 17.8 Å². The molecule has 3 aromatic rings. The predicted molar refractivity (Wildman–Crippen MR) is 87.9 cm³/mol. The van der Waals surface area contributed by atoms with E-state index >= 15 is 0 Å². The van der Waals surface area contributed by atoms with Crippen LogP contribution >= 0.6 is 11.3 Å². The molecular weight excluding hydrogens is 328 g/mol. The van der Waals surface area contributed by atoms with Crippen LogP contribution in [0.5, 0.6) is 0 Å². The van der Waals surface area contributed by atoms with Gasteiger partial charge in [0.25, 0.3) is 5.91 Å². The molecule has 0 aliphatic heterocycles. The topological polar surface area (TPSA) is 132 Å². The van der Waals surface area contributed by atoms with Crippen molar-refractivity contribution in [1.29, 1.82) is 5.26 Å². The number of para-hydroxylation sites is 1. The van der Waals surface area contributed by atoms with Crippen LogP contribution in [0, 0.1) is 11.3 Å². The highest BCUT2D eigenvalue weighted by Crippen LogP contribution is 2.19. The van der Waals surface area contributed by atoms with E-state index in [1.165, 1.54) is 17.5 Å². The summed E-state index contributed by atoms with van der Waals surface area (Å²) in [5.74, 6) is -0.144. The number of aromatic nitrogens is 5. The largest absolute Gasteiger partial charge is 0.360 e. The van der Waals surface area contributed by atoms with Crippen molar-refractivity contribution in [3.05, 3.63) is 53.4 Å². The molecule has 0 bridgehead atoms. The number of anilines is 2. The maximum Gasteiger partial charge on any atom is 0.259 e. The Bertz CT molecular complexity index is 895. The van der Waals surface area contributed by atoms with Gasteiger partial charge in [0.15, 0.2) is 5.13 Å². The van der Waals surface area contributed by atoms with Gasteiger partial charge in [0.1, 0.15) is 11.6 Å². The summed E-state index contributed by atoms with van der Waals surface area (Å²) in [6, 6.07) is 8.87. The summed E-state index contributed by atoms with van der Waals surface area (Å²) < 4.78 is 0. The number of carbonyl (C=O) groups is 1. The Kier molecular flexibility index (Phi) is 4.55. The van der Waals surface area contributed by atoms with Crippen molar-refractivity contribution in [3.8, 4) is 6.07 Å². The zero-order chi connectivity index (χ0) is 16.8. The number of nitrogens with zero attached hydrogens (tertiary/aromatic N) is 5. The number of carbonyl (C=O) groups excluding carboxylic acids is 1. The maximum atomic E-state index is 12.4. The molecule has 0 aliphatic rings. The normalized spacial score (nSPS) is 10.9. The summed E-state index contributed by atoms with van der Waals surface area (Å²) >= 11 is 1.33. The maximum absolute atomic E-state index is 12.4. The van der Waals surface area contributed by atoms with Crippen molar-refractivity contribution in [1.82, 2.24) is 25.6 Å². The fraction of sp³-hybridized carbons (Fsp3) is 0. The third-order valence-corrected chi connectivity index (χ3v) is 3.59. The van der Waals surface area contributed by atoms with E-state index in [9.17, 15) is 4.79 Å². The van der Waals surface area contributed by atoms with Gasteiger partial charge in [-0.3, -0.25) is 10.1 Å². The van der Waals surface area contributed by atoms with Gasteiger partial charge in [-0.05, 0) is 17.3 Å². The number of rotatable bonds is 5. The molecule has 118 valence electrons. The molecule has 0 spiro atoms. The van der Waals surface area contributed by atoms with Gasteiger partial charge in [-0.1, -0.05) is 12.1 Å². The number of hydrogen-bond acceptors (Lipinski definition) is 8. The fourth-order valence-corrected chi connectivity index (χ4v) is 2.35. The van der Waals surface area contributed by atoms with E-state index in [0.29, 0.717) is 16.4 Å². The summed E-state index contributed by atoms with van der Waals surface area (Å²) in [4.78, 5) is 16.4. The first kappa shape index (κ1) is 15.3. The van der Waals surface area contributed by atoms with Crippen molar-refractivity contribution >= 4 is 33.6 Å². The lowest BCUT2D eigenvalue weighted by molar-refractivity contribution is 0.102. The van der Waals surface area contributed by atoms with Crippen molar-refractivity contribution in [2.45, 2.75) is 0 Å². The molecule has 0 fully saturated rings. The molecule has 10 heteroatoms. The number of tetrazole rings is 1. The van der Waals surface area contributed by atoms with Crippen LogP contribution in [0.3, 0.4) is 0 Å². The number of benzene rings is 1. The summed E-state index contributed by atoms with van der Waals surface area (Å²) in [5, 5.41) is 30.2. The zero-order valence-electron chi connectivity index (χ0n) is 12.1. The summed E-state index contributed by atoms with van der Waals surface area (Å²) in [6.45, 7) is 0. The second-order valence-corrected chi connectivity index (χ2v) is 5.28. The molecule has 0 aliphatic carbocycles. The number of H-pyrrole nitrogens is 1. The molecule has 0 atom stereocenters. The third kappa shape index (κ3) is 3.42. The summed E-state index contributed by atoms with van der Waals surface area (Å²) in [7, 11) is 0.